The largest absolute Gasteiger partial charge is 0.458 e. The van der Waals surface area contributed by atoms with Crippen LogP contribution in [0.15, 0.2) is 42.5 Å². The lowest BCUT2D eigenvalue weighted by molar-refractivity contribution is -0.150. The normalized spacial score (nSPS) is 11.0. The molecule has 0 bridgehead atoms. The van der Waals surface area contributed by atoms with Gasteiger partial charge in [0.15, 0.2) is 12.4 Å². The van der Waals surface area contributed by atoms with Crippen molar-refractivity contribution in [1.82, 2.24) is 0 Å². The van der Waals surface area contributed by atoms with E-state index in [9.17, 15) is 14.4 Å². The Kier molecular flexibility index (Phi) is 8.37. The second-order valence-electron chi connectivity index (χ2n) is 8.61. The first-order chi connectivity index (χ1) is 14.5. The number of benzene rings is 2. The molecule has 2 aromatic carbocycles. The smallest absolute Gasteiger partial charge is 0.306 e. The van der Waals surface area contributed by atoms with Gasteiger partial charge in [0.25, 0.3) is 0 Å². The average molecular weight is 426 g/mol. The first-order valence-electron chi connectivity index (χ1n) is 10.4. The molecule has 0 radical (unpaired) electrons. The summed E-state index contributed by atoms with van der Waals surface area (Å²) in [6.45, 7) is 9.17. The Labute approximate surface area is 183 Å². The van der Waals surface area contributed by atoms with Crippen molar-refractivity contribution in [3.63, 3.8) is 0 Å². The van der Waals surface area contributed by atoms with Gasteiger partial charge in [-0.25, -0.2) is 0 Å². The lowest BCUT2D eigenvalue weighted by atomic mass is 9.91. The van der Waals surface area contributed by atoms with Gasteiger partial charge in [-0.3, -0.25) is 14.4 Å². The van der Waals surface area contributed by atoms with Crippen molar-refractivity contribution in [2.45, 2.75) is 53.9 Å². The van der Waals surface area contributed by atoms with Gasteiger partial charge in [0.2, 0.25) is 5.91 Å². The number of carbonyl (C=O) groups is 3. The number of nitrogens with one attached hydrogen (secondary N) is 1. The molecule has 31 heavy (non-hydrogen) atoms. The van der Waals surface area contributed by atoms with Gasteiger partial charge in [-0.05, 0) is 67.8 Å². The van der Waals surface area contributed by atoms with E-state index in [0.29, 0.717) is 17.9 Å². The third-order valence-corrected chi connectivity index (χ3v) is 4.84. The Hall–Kier alpha value is -3.15. The fourth-order valence-electron chi connectivity index (χ4n) is 2.57. The first-order valence-corrected chi connectivity index (χ1v) is 10.4. The van der Waals surface area contributed by atoms with Gasteiger partial charge in [-0.2, -0.15) is 0 Å². The molecule has 0 saturated carbocycles. The van der Waals surface area contributed by atoms with E-state index in [1.54, 1.807) is 45.0 Å². The Morgan fingerprint density at radius 1 is 0.871 bits per heavy atom. The van der Waals surface area contributed by atoms with Crippen LogP contribution in [0.5, 0.6) is 11.5 Å². The predicted molar refractivity (Wildman–Crippen MR) is 120 cm³/mol. The highest BCUT2D eigenvalue weighted by atomic mass is 16.5. The van der Waals surface area contributed by atoms with Crippen LogP contribution >= 0.6 is 0 Å². The molecule has 1 amide bonds. The second-order valence-corrected chi connectivity index (χ2v) is 8.61. The maximum atomic E-state index is 12.1. The van der Waals surface area contributed by atoms with Gasteiger partial charge >= 0.3 is 5.97 Å². The number of ether oxygens (including phenoxy) is 2. The van der Waals surface area contributed by atoms with Crippen molar-refractivity contribution in [2.75, 3.05) is 11.9 Å². The van der Waals surface area contributed by atoms with E-state index in [1.807, 2.05) is 32.0 Å². The minimum Gasteiger partial charge on any atom is -0.458 e. The van der Waals surface area contributed by atoms with E-state index < -0.39 is 11.4 Å². The highest BCUT2D eigenvalue weighted by Gasteiger charge is 2.22. The van der Waals surface area contributed by atoms with Gasteiger partial charge in [0, 0.05) is 23.9 Å². The molecule has 0 saturated heterocycles. The van der Waals surface area contributed by atoms with Gasteiger partial charge in [0.1, 0.15) is 11.5 Å². The van der Waals surface area contributed by atoms with Crippen LogP contribution in [0.3, 0.4) is 0 Å². The molecule has 1 N–H and O–H groups in total. The number of Topliss-reactive ketones (excluding diaryl/α,β-unsaturated/α-hetero) is 1. The van der Waals surface area contributed by atoms with Crippen molar-refractivity contribution < 1.29 is 23.9 Å². The van der Waals surface area contributed by atoms with E-state index in [-0.39, 0.29) is 31.1 Å². The van der Waals surface area contributed by atoms with Gasteiger partial charge in [-0.15, -0.1) is 0 Å². The van der Waals surface area contributed by atoms with Gasteiger partial charge < -0.3 is 14.8 Å². The summed E-state index contributed by atoms with van der Waals surface area (Å²) in [5, 5.41) is 2.79. The summed E-state index contributed by atoms with van der Waals surface area (Å²) in [7, 11) is 0. The molecule has 0 unspecified atom stereocenters. The zero-order valence-corrected chi connectivity index (χ0v) is 18.9. The topological polar surface area (TPSA) is 81.7 Å². The fraction of sp³-hybridized carbons (Fsp3) is 0.400. The van der Waals surface area contributed by atoms with Crippen LogP contribution < -0.4 is 10.1 Å². The first kappa shape index (κ1) is 24.1. The number of carbonyl (C=O) groups excluding carboxylic acids is 3. The summed E-state index contributed by atoms with van der Waals surface area (Å²) in [4.78, 5) is 35.6. The summed E-state index contributed by atoms with van der Waals surface area (Å²) in [6, 6.07) is 13.0. The van der Waals surface area contributed by atoms with Crippen LogP contribution in [0.4, 0.5) is 5.69 Å². The van der Waals surface area contributed by atoms with Crippen LogP contribution in [0.25, 0.3) is 0 Å². The predicted octanol–water partition coefficient (Wildman–Crippen LogP) is 5.36. The molecule has 0 heterocycles. The van der Waals surface area contributed by atoms with Gasteiger partial charge in [-0.1, -0.05) is 26.8 Å². The molecule has 6 heteroatoms. The van der Waals surface area contributed by atoms with Crippen LogP contribution in [-0.4, -0.2) is 24.3 Å². The number of ketones is 1. The van der Waals surface area contributed by atoms with Crippen LogP contribution in [0, 0.1) is 19.3 Å². The third kappa shape index (κ3) is 8.24. The third-order valence-electron chi connectivity index (χ3n) is 4.84. The minimum absolute atomic E-state index is 0.0909. The molecule has 0 aliphatic heterocycles. The summed E-state index contributed by atoms with van der Waals surface area (Å²) in [5.74, 6) is 0.632. The Morgan fingerprint density at radius 3 is 2.13 bits per heavy atom. The molecule has 0 fully saturated rings. The molecule has 0 atom stereocenters. The minimum atomic E-state index is -0.542. The number of esters is 1. The van der Waals surface area contributed by atoms with E-state index in [2.05, 4.69) is 5.32 Å². The molecule has 0 aliphatic rings. The van der Waals surface area contributed by atoms with Gasteiger partial charge in [0.05, 0.1) is 0 Å². The summed E-state index contributed by atoms with van der Waals surface area (Å²) in [5.41, 5.74) is 2.47. The molecule has 0 aromatic heterocycles. The molecule has 0 aliphatic carbocycles. The average Bonchev–Trinajstić information content (AvgIpc) is 2.69. The Balaban J connectivity index is 1.73. The molecule has 166 valence electrons. The fourth-order valence-corrected chi connectivity index (χ4v) is 2.57. The lowest BCUT2D eigenvalue weighted by Gasteiger charge is -2.16. The maximum Gasteiger partial charge on any atom is 0.306 e. The van der Waals surface area contributed by atoms with Crippen molar-refractivity contribution in [3.8, 4) is 11.5 Å². The van der Waals surface area contributed by atoms with E-state index in [1.165, 1.54) is 5.56 Å². The quantitative estimate of drug-likeness (QED) is 0.547. The molecular weight excluding hydrogens is 394 g/mol. The standard InChI is InChI=1S/C25H31NO5/c1-17-9-12-21(15-18(17)2)31-20-13-10-19(11-14-20)26-23(28)7-6-8-24(29)30-16-22(27)25(3,4)5/h9-15H,6-8,16H2,1-5H3,(H,26,28). The highest BCUT2D eigenvalue weighted by Crippen LogP contribution is 2.25. The molecular formula is C25H31NO5. The summed E-state index contributed by atoms with van der Waals surface area (Å²) in [6.07, 6.45) is 0.624. The lowest BCUT2D eigenvalue weighted by Crippen LogP contribution is -2.26. The van der Waals surface area contributed by atoms with Crippen molar-refractivity contribution in [3.05, 3.63) is 53.6 Å². The Morgan fingerprint density at radius 2 is 1.52 bits per heavy atom. The van der Waals surface area contributed by atoms with Crippen molar-refractivity contribution in [2.24, 2.45) is 5.41 Å². The number of rotatable bonds is 9. The zero-order valence-electron chi connectivity index (χ0n) is 18.9. The van der Waals surface area contributed by atoms with Crippen LogP contribution in [0.2, 0.25) is 0 Å². The number of anilines is 1. The maximum absolute atomic E-state index is 12.1. The number of hydrogen-bond acceptors (Lipinski definition) is 5. The number of aryl methyl sites for hydroxylation is 2. The number of hydrogen-bond donors (Lipinski definition) is 1. The molecule has 0 spiro atoms. The van der Waals surface area contributed by atoms with E-state index in [0.717, 1.165) is 11.3 Å². The van der Waals surface area contributed by atoms with Crippen molar-refractivity contribution in [1.29, 1.82) is 0 Å². The monoisotopic (exact) mass is 425 g/mol. The summed E-state index contributed by atoms with van der Waals surface area (Å²) >= 11 is 0. The SMILES string of the molecule is Cc1ccc(Oc2ccc(NC(=O)CCCC(=O)OCC(=O)C(C)(C)C)cc2)cc1C. The van der Waals surface area contributed by atoms with Crippen LogP contribution in [0.1, 0.15) is 51.2 Å². The second kappa shape index (κ2) is 10.8. The van der Waals surface area contributed by atoms with E-state index in [4.69, 9.17) is 9.47 Å². The number of amides is 1. The molecule has 2 aromatic rings. The Bertz CT molecular complexity index is 926. The molecule has 6 nitrogen and oxygen atoms in total. The van der Waals surface area contributed by atoms with Crippen LogP contribution in [-0.2, 0) is 19.1 Å². The van der Waals surface area contributed by atoms with Crippen molar-refractivity contribution >= 4 is 23.3 Å². The summed E-state index contributed by atoms with van der Waals surface area (Å²) < 4.78 is 10.8. The molecule has 2 rings (SSSR count). The van der Waals surface area contributed by atoms with E-state index >= 15 is 0 Å². The highest BCUT2D eigenvalue weighted by molar-refractivity contribution is 5.91. The zero-order chi connectivity index (χ0) is 23.0.